The van der Waals surface area contributed by atoms with E-state index in [1.807, 2.05) is 0 Å². The third-order valence-corrected chi connectivity index (χ3v) is 2.39. The molecule has 0 saturated carbocycles. The standard InChI is InChI=1S/C10H8ClN3O3/c1-5(10(15)16)9-13-8(14-17-9)6-2-3-7(11)12-4-6/h2-5H,1H3,(H,15,16). The van der Waals surface area contributed by atoms with Crippen LogP contribution in [0, 0.1) is 0 Å². The number of carboxylic acids is 1. The molecule has 0 aromatic carbocycles. The van der Waals surface area contributed by atoms with Crippen LogP contribution in [0.15, 0.2) is 22.9 Å². The normalized spacial score (nSPS) is 12.4. The highest BCUT2D eigenvalue weighted by Gasteiger charge is 2.21. The Balaban J connectivity index is 2.29. The summed E-state index contributed by atoms with van der Waals surface area (Å²) in [4.78, 5) is 18.6. The van der Waals surface area contributed by atoms with Gasteiger partial charge in [0.25, 0.3) is 0 Å². The van der Waals surface area contributed by atoms with Crippen LogP contribution >= 0.6 is 11.6 Å². The van der Waals surface area contributed by atoms with Crippen LogP contribution in [0.3, 0.4) is 0 Å². The fourth-order valence-electron chi connectivity index (χ4n) is 1.14. The summed E-state index contributed by atoms with van der Waals surface area (Å²) in [6.45, 7) is 1.47. The van der Waals surface area contributed by atoms with Crippen molar-refractivity contribution in [1.29, 1.82) is 0 Å². The van der Waals surface area contributed by atoms with Crippen LogP contribution in [0.25, 0.3) is 11.4 Å². The van der Waals surface area contributed by atoms with E-state index in [4.69, 9.17) is 21.2 Å². The summed E-state index contributed by atoms with van der Waals surface area (Å²) in [6.07, 6.45) is 1.49. The maximum absolute atomic E-state index is 10.7. The molecule has 2 aromatic heterocycles. The van der Waals surface area contributed by atoms with Crippen molar-refractivity contribution >= 4 is 17.6 Å². The van der Waals surface area contributed by atoms with E-state index in [1.54, 1.807) is 12.1 Å². The van der Waals surface area contributed by atoms with Crippen molar-refractivity contribution in [1.82, 2.24) is 15.1 Å². The first-order chi connectivity index (χ1) is 8.08. The van der Waals surface area contributed by atoms with Crippen molar-refractivity contribution in [2.24, 2.45) is 0 Å². The molecule has 1 atom stereocenters. The molecule has 0 spiro atoms. The summed E-state index contributed by atoms with van der Waals surface area (Å²) >= 11 is 5.64. The van der Waals surface area contributed by atoms with E-state index in [2.05, 4.69) is 15.1 Å². The Morgan fingerprint density at radius 3 is 2.88 bits per heavy atom. The largest absolute Gasteiger partial charge is 0.481 e. The van der Waals surface area contributed by atoms with Gasteiger partial charge in [-0.15, -0.1) is 0 Å². The molecule has 0 bridgehead atoms. The Hall–Kier alpha value is -1.95. The third kappa shape index (κ3) is 2.42. The number of hydrogen-bond acceptors (Lipinski definition) is 5. The summed E-state index contributed by atoms with van der Waals surface area (Å²) in [5.41, 5.74) is 0.613. The second-order valence-corrected chi connectivity index (χ2v) is 3.77. The maximum atomic E-state index is 10.7. The lowest BCUT2D eigenvalue weighted by Gasteiger charge is -1.96. The summed E-state index contributed by atoms with van der Waals surface area (Å²) in [6, 6.07) is 3.27. The van der Waals surface area contributed by atoms with Crippen molar-refractivity contribution < 1.29 is 14.4 Å². The molecule has 1 N–H and O–H groups in total. The molecule has 6 nitrogen and oxygen atoms in total. The third-order valence-electron chi connectivity index (χ3n) is 2.17. The van der Waals surface area contributed by atoms with Crippen LogP contribution < -0.4 is 0 Å². The highest BCUT2D eigenvalue weighted by atomic mass is 35.5. The second kappa shape index (κ2) is 4.50. The first kappa shape index (κ1) is 11.5. The molecule has 17 heavy (non-hydrogen) atoms. The molecule has 0 amide bonds. The minimum atomic E-state index is -1.02. The van der Waals surface area contributed by atoms with E-state index >= 15 is 0 Å². The first-order valence-electron chi connectivity index (χ1n) is 4.76. The highest BCUT2D eigenvalue weighted by Crippen LogP contribution is 2.20. The smallest absolute Gasteiger partial charge is 0.315 e. The number of aromatic nitrogens is 3. The van der Waals surface area contributed by atoms with Gasteiger partial charge in [0.2, 0.25) is 11.7 Å². The molecule has 1 unspecified atom stereocenters. The summed E-state index contributed by atoms with van der Waals surface area (Å²) in [5, 5.41) is 12.8. The summed E-state index contributed by atoms with van der Waals surface area (Å²) in [7, 11) is 0. The van der Waals surface area contributed by atoms with Gasteiger partial charge in [-0.3, -0.25) is 4.79 Å². The molecule has 0 saturated heterocycles. The van der Waals surface area contributed by atoms with Gasteiger partial charge in [0.05, 0.1) is 0 Å². The Morgan fingerprint density at radius 2 is 2.29 bits per heavy atom. The SMILES string of the molecule is CC(C(=O)O)c1nc(-c2ccc(Cl)nc2)no1. The predicted octanol–water partition coefficient (Wildman–Crippen LogP) is 1.97. The van der Waals surface area contributed by atoms with E-state index in [1.165, 1.54) is 13.1 Å². The summed E-state index contributed by atoms with van der Waals surface area (Å²) in [5.74, 6) is -1.51. The number of aliphatic carboxylic acids is 1. The lowest BCUT2D eigenvalue weighted by atomic mass is 10.2. The monoisotopic (exact) mass is 253 g/mol. The van der Waals surface area contributed by atoms with Crippen molar-refractivity contribution in [2.45, 2.75) is 12.8 Å². The Labute approximate surface area is 101 Å². The molecule has 0 aliphatic heterocycles. The molecule has 0 aliphatic rings. The Kier molecular flexibility index (Phi) is 3.06. The predicted molar refractivity (Wildman–Crippen MR) is 58.6 cm³/mol. The molecule has 0 radical (unpaired) electrons. The topological polar surface area (TPSA) is 89.1 Å². The van der Waals surface area contributed by atoms with Gasteiger partial charge in [-0.25, -0.2) is 4.98 Å². The van der Waals surface area contributed by atoms with Crippen LogP contribution in [-0.2, 0) is 4.79 Å². The van der Waals surface area contributed by atoms with Crippen molar-refractivity contribution in [3.8, 4) is 11.4 Å². The van der Waals surface area contributed by atoms with Gasteiger partial charge in [0, 0.05) is 11.8 Å². The number of pyridine rings is 1. The first-order valence-corrected chi connectivity index (χ1v) is 5.14. The lowest BCUT2D eigenvalue weighted by Crippen LogP contribution is -2.07. The van der Waals surface area contributed by atoms with Crippen LogP contribution in [-0.4, -0.2) is 26.2 Å². The van der Waals surface area contributed by atoms with Crippen LogP contribution in [0.5, 0.6) is 0 Å². The molecular weight excluding hydrogens is 246 g/mol. The highest BCUT2D eigenvalue weighted by molar-refractivity contribution is 6.29. The minimum absolute atomic E-state index is 0.0578. The van der Waals surface area contributed by atoms with E-state index in [-0.39, 0.29) is 11.7 Å². The Morgan fingerprint density at radius 1 is 1.53 bits per heavy atom. The van der Waals surface area contributed by atoms with E-state index < -0.39 is 11.9 Å². The number of carbonyl (C=O) groups is 1. The number of hydrogen-bond donors (Lipinski definition) is 1. The second-order valence-electron chi connectivity index (χ2n) is 3.39. The fraction of sp³-hybridized carbons (Fsp3) is 0.200. The Bertz CT molecular complexity index is 538. The zero-order chi connectivity index (χ0) is 12.4. The maximum Gasteiger partial charge on any atom is 0.315 e. The van der Waals surface area contributed by atoms with E-state index in [9.17, 15) is 4.79 Å². The van der Waals surface area contributed by atoms with Crippen molar-refractivity contribution in [2.75, 3.05) is 0 Å². The average Bonchev–Trinajstić information content (AvgIpc) is 2.78. The number of halogens is 1. The van der Waals surface area contributed by atoms with Crippen LogP contribution in [0.1, 0.15) is 18.7 Å². The van der Waals surface area contributed by atoms with E-state index in [0.717, 1.165) is 0 Å². The zero-order valence-electron chi connectivity index (χ0n) is 8.79. The molecule has 2 aromatic rings. The van der Waals surface area contributed by atoms with Gasteiger partial charge in [0.1, 0.15) is 11.1 Å². The number of nitrogens with zero attached hydrogens (tertiary/aromatic N) is 3. The van der Waals surface area contributed by atoms with Crippen molar-refractivity contribution in [3.63, 3.8) is 0 Å². The molecule has 0 aliphatic carbocycles. The van der Waals surface area contributed by atoms with Gasteiger partial charge in [-0.1, -0.05) is 16.8 Å². The summed E-state index contributed by atoms with van der Waals surface area (Å²) < 4.78 is 4.87. The molecule has 2 heterocycles. The van der Waals surface area contributed by atoms with Gasteiger partial charge >= 0.3 is 5.97 Å². The minimum Gasteiger partial charge on any atom is -0.481 e. The lowest BCUT2D eigenvalue weighted by molar-refractivity contribution is -0.138. The molecule has 88 valence electrons. The number of rotatable bonds is 3. The van der Waals surface area contributed by atoms with Gasteiger partial charge in [-0.05, 0) is 19.1 Å². The van der Waals surface area contributed by atoms with E-state index in [0.29, 0.717) is 10.7 Å². The number of carboxylic acid groups (broad SMARTS) is 1. The van der Waals surface area contributed by atoms with Crippen LogP contribution in [0.2, 0.25) is 5.15 Å². The average molecular weight is 254 g/mol. The molecule has 7 heteroatoms. The van der Waals surface area contributed by atoms with Gasteiger partial charge in [0.15, 0.2) is 0 Å². The van der Waals surface area contributed by atoms with Gasteiger partial charge < -0.3 is 9.63 Å². The molecule has 2 rings (SSSR count). The quantitative estimate of drug-likeness (QED) is 0.841. The molecular formula is C10H8ClN3O3. The van der Waals surface area contributed by atoms with Crippen LogP contribution in [0.4, 0.5) is 0 Å². The fourth-order valence-corrected chi connectivity index (χ4v) is 1.25. The zero-order valence-corrected chi connectivity index (χ0v) is 9.55. The molecule has 0 fully saturated rings. The van der Waals surface area contributed by atoms with Crippen molar-refractivity contribution in [3.05, 3.63) is 29.4 Å². The van der Waals surface area contributed by atoms with Gasteiger partial charge in [-0.2, -0.15) is 4.98 Å².